The number of benzene rings is 1. The average molecular weight is 380 g/mol. The molecule has 0 saturated heterocycles. The van der Waals surface area contributed by atoms with Gasteiger partial charge in [-0.05, 0) is 57.2 Å². The quantitative estimate of drug-likeness (QED) is 0.428. The topological polar surface area (TPSA) is 30.7 Å². The first kappa shape index (κ1) is 15.3. The molecule has 3 heterocycles. The van der Waals surface area contributed by atoms with Crippen molar-refractivity contribution in [2.24, 2.45) is 0 Å². The summed E-state index contributed by atoms with van der Waals surface area (Å²) in [6.07, 6.45) is 3.68. The van der Waals surface area contributed by atoms with Gasteiger partial charge in [0.05, 0.1) is 16.6 Å². The molecular formula is C20H18BrN3. The molecule has 0 fully saturated rings. The molecule has 0 aliphatic rings. The molecule has 0 atom stereocenters. The van der Waals surface area contributed by atoms with Crippen LogP contribution in [0.4, 0.5) is 0 Å². The Labute approximate surface area is 149 Å². The number of rotatable bonds is 1. The van der Waals surface area contributed by atoms with Crippen molar-refractivity contribution in [2.45, 2.75) is 26.2 Å². The molecule has 4 rings (SSSR count). The minimum Gasteiger partial charge on any atom is -0.292 e. The Morgan fingerprint density at radius 2 is 1.79 bits per heavy atom. The Balaban J connectivity index is 2.12. The Morgan fingerprint density at radius 1 is 0.958 bits per heavy atom. The van der Waals surface area contributed by atoms with E-state index in [-0.39, 0.29) is 5.41 Å². The highest BCUT2D eigenvalue weighted by molar-refractivity contribution is 9.10. The van der Waals surface area contributed by atoms with E-state index in [0.29, 0.717) is 0 Å². The molecule has 0 radical (unpaired) electrons. The normalized spacial score (nSPS) is 12.2. The molecule has 0 aliphatic heterocycles. The van der Waals surface area contributed by atoms with Crippen molar-refractivity contribution >= 4 is 37.9 Å². The highest BCUT2D eigenvalue weighted by Crippen LogP contribution is 2.33. The van der Waals surface area contributed by atoms with Crippen molar-refractivity contribution in [3.63, 3.8) is 0 Å². The van der Waals surface area contributed by atoms with Crippen LogP contribution in [0.1, 0.15) is 26.3 Å². The smallest absolute Gasteiger partial charge is 0.137 e. The number of pyridine rings is 2. The molecule has 3 nitrogen and oxygen atoms in total. The van der Waals surface area contributed by atoms with E-state index in [9.17, 15) is 0 Å². The number of fused-ring (bicyclic) bond motifs is 3. The fourth-order valence-corrected chi connectivity index (χ4v) is 3.28. The van der Waals surface area contributed by atoms with Crippen LogP contribution in [-0.4, -0.2) is 14.5 Å². The van der Waals surface area contributed by atoms with Crippen LogP contribution in [-0.2, 0) is 5.41 Å². The van der Waals surface area contributed by atoms with E-state index < -0.39 is 0 Å². The van der Waals surface area contributed by atoms with Crippen LogP contribution in [0.3, 0.4) is 0 Å². The molecule has 0 amide bonds. The van der Waals surface area contributed by atoms with Gasteiger partial charge < -0.3 is 0 Å². The first-order valence-corrected chi connectivity index (χ1v) is 8.76. The summed E-state index contributed by atoms with van der Waals surface area (Å²) >= 11 is 3.46. The summed E-state index contributed by atoms with van der Waals surface area (Å²) in [5.74, 6) is 0.900. The van der Waals surface area contributed by atoms with E-state index in [0.717, 1.165) is 32.2 Å². The number of hydrogen-bond donors (Lipinski definition) is 0. The van der Waals surface area contributed by atoms with Crippen LogP contribution in [0.25, 0.3) is 27.8 Å². The third-order valence-corrected chi connectivity index (χ3v) is 4.80. The predicted octanol–water partition coefficient (Wildman–Crippen LogP) is 5.63. The third-order valence-electron chi connectivity index (χ3n) is 4.33. The summed E-state index contributed by atoms with van der Waals surface area (Å²) in [6.45, 7) is 6.70. The standard InChI is InChI=1S/C20H18BrN3/c1-20(2,3)13-6-8-15-17(11-13)24(16-5-4-10-22-19(15)16)18-9-7-14(21)12-23-18/h4-12H,1-3H3. The molecule has 4 heteroatoms. The Morgan fingerprint density at radius 3 is 2.50 bits per heavy atom. The highest BCUT2D eigenvalue weighted by atomic mass is 79.9. The number of hydrogen-bond acceptors (Lipinski definition) is 2. The van der Waals surface area contributed by atoms with Crippen molar-refractivity contribution in [2.75, 3.05) is 0 Å². The third kappa shape index (κ3) is 2.42. The second-order valence-corrected chi connectivity index (χ2v) is 7.94. The molecule has 0 bridgehead atoms. The van der Waals surface area contributed by atoms with Gasteiger partial charge in [-0.1, -0.05) is 32.9 Å². The molecule has 3 aromatic heterocycles. The fraction of sp³-hybridized carbons (Fsp3) is 0.200. The second-order valence-electron chi connectivity index (χ2n) is 7.02. The van der Waals surface area contributed by atoms with Gasteiger partial charge in [0.15, 0.2) is 0 Å². The largest absolute Gasteiger partial charge is 0.292 e. The maximum absolute atomic E-state index is 4.61. The molecule has 4 aromatic rings. The molecule has 0 N–H and O–H groups in total. The van der Waals surface area contributed by atoms with E-state index in [1.165, 1.54) is 5.56 Å². The van der Waals surface area contributed by atoms with Gasteiger partial charge in [0.2, 0.25) is 0 Å². The average Bonchev–Trinajstić information content (AvgIpc) is 2.89. The van der Waals surface area contributed by atoms with Gasteiger partial charge in [-0.3, -0.25) is 9.55 Å². The number of nitrogens with zero attached hydrogens (tertiary/aromatic N) is 3. The summed E-state index contributed by atoms with van der Waals surface area (Å²) in [5, 5.41) is 1.16. The van der Waals surface area contributed by atoms with Crippen LogP contribution in [0.15, 0.2) is 59.3 Å². The molecule has 1 aromatic carbocycles. The van der Waals surface area contributed by atoms with Crippen LogP contribution >= 0.6 is 15.9 Å². The summed E-state index contributed by atoms with van der Waals surface area (Å²) in [7, 11) is 0. The summed E-state index contributed by atoms with van der Waals surface area (Å²) in [4.78, 5) is 9.21. The zero-order valence-electron chi connectivity index (χ0n) is 13.9. The lowest BCUT2D eigenvalue weighted by Gasteiger charge is -2.19. The first-order valence-electron chi connectivity index (χ1n) is 7.97. The highest BCUT2D eigenvalue weighted by Gasteiger charge is 2.18. The Hall–Kier alpha value is -2.20. The van der Waals surface area contributed by atoms with E-state index in [4.69, 9.17) is 0 Å². The second kappa shape index (κ2) is 5.42. The van der Waals surface area contributed by atoms with Crippen LogP contribution < -0.4 is 0 Å². The molecule has 120 valence electrons. The van der Waals surface area contributed by atoms with E-state index in [1.54, 1.807) is 0 Å². The monoisotopic (exact) mass is 379 g/mol. The van der Waals surface area contributed by atoms with Crippen molar-refractivity contribution in [1.29, 1.82) is 0 Å². The minimum absolute atomic E-state index is 0.0933. The van der Waals surface area contributed by atoms with E-state index >= 15 is 0 Å². The van der Waals surface area contributed by atoms with E-state index in [2.05, 4.69) is 75.5 Å². The summed E-state index contributed by atoms with van der Waals surface area (Å²) < 4.78 is 3.17. The minimum atomic E-state index is 0.0933. The molecule has 0 unspecified atom stereocenters. The van der Waals surface area contributed by atoms with Crippen molar-refractivity contribution in [3.8, 4) is 5.82 Å². The number of halogens is 1. The van der Waals surface area contributed by atoms with Gasteiger partial charge in [0.1, 0.15) is 5.82 Å². The Bertz CT molecular complexity index is 1040. The lowest BCUT2D eigenvalue weighted by atomic mass is 9.87. The van der Waals surface area contributed by atoms with Gasteiger partial charge in [0, 0.05) is 22.3 Å². The summed E-state index contributed by atoms with van der Waals surface area (Å²) in [6, 6.07) is 14.8. The molecule has 24 heavy (non-hydrogen) atoms. The summed E-state index contributed by atoms with van der Waals surface area (Å²) in [5.41, 5.74) is 4.63. The van der Waals surface area contributed by atoms with Gasteiger partial charge in [-0.15, -0.1) is 0 Å². The van der Waals surface area contributed by atoms with E-state index in [1.807, 2.05) is 30.6 Å². The maximum atomic E-state index is 4.61. The van der Waals surface area contributed by atoms with Crippen LogP contribution in [0.5, 0.6) is 0 Å². The number of aromatic nitrogens is 3. The molecule has 0 aliphatic carbocycles. The SMILES string of the molecule is CC(C)(C)c1ccc2c3ncccc3n(-c3ccc(Br)cn3)c2c1. The maximum Gasteiger partial charge on any atom is 0.137 e. The van der Waals surface area contributed by atoms with Gasteiger partial charge in [0.25, 0.3) is 0 Å². The lowest BCUT2D eigenvalue weighted by Crippen LogP contribution is -2.11. The van der Waals surface area contributed by atoms with Crippen molar-refractivity contribution in [3.05, 3.63) is 64.9 Å². The first-order chi connectivity index (χ1) is 11.4. The van der Waals surface area contributed by atoms with Gasteiger partial charge in [-0.25, -0.2) is 4.98 Å². The lowest BCUT2D eigenvalue weighted by molar-refractivity contribution is 0.591. The Kier molecular flexibility index (Phi) is 3.46. The van der Waals surface area contributed by atoms with Gasteiger partial charge >= 0.3 is 0 Å². The molecular weight excluding hydrogens is 362 g/mol. The molecule has 0 spiro atoms. The zero-order valence-corrected chi connectivity index (χ0v) is 15.5. The van der Waals surface area contributed by atoms with Crippen molar-refractivity contribution in [1.82, 2.24) is 14.5 Å². The predicted molar refractivity (Wildman–Crippen MR) is 103 cm³/mol. The van der Waals surface area contributed by atoms with Crippen molar-refractivity contribution < 1.29 is 0 Å². The zero-order chi connectivity index (χ0) is 16.9. The van der Waals surface area contributed by atoms with Gasteiger partial charge in [-0.2, -0.15) is 0 Å². The fourth-order valence-electron chi connectivity index (χ4n) is 3.05. The van der Waals surface area contributed by atoms with Crippen LogP contribution in [0.2, 0.25) is 0 Å². The van der Waals surface area contributed by atoms with Crippen LogP contribution in [0, 0.1) is 0 Å². The molecule has 0 saturated carbocycles.